The molecule has 1 aliphatic rings. The Hall–Kier alpha value is -1.79. The van der Waals surface area contributed by atoms with E-state index in [9.17, 15) is 9.59 Å². The second-order valence-corrected chi connectivity index (χ2v) is 6.13. The molecule has 1 atom stereocenters. The molecule has 3 N–H and O–H groups in total. The van der Waals surface area contributed by atoms with Crippen LogP contribution < -0.4 is 16.0 Å². The van der Waals surface area contributed by atoms with Gasteiger partial charge in [-0.15, -0.1) is 0 Å². The molecule has 0 radical (unpaired) electrons. The molecular weight excluding hydrogens is 318 g/mol. The first-order chi connectivity index (χ1) is 11.0. The van der Waals surface area contributed by atoms with Crippen molar-refractivity contribution in [3.05, 3.63) is 28.8 Å². The van der Waals surface area contributed by atoms with Gasteiger partial charge in [-0.2, -0.15) is 0 Å². The Morgan fingerprint density at radius 2 is 2.13 bits per heavy atom. The fourth-order valence-electron chi connectivity index (χ4n) is 2.03. The van der Waals surface area contributed by atoms with E-state index in [1.165, 1.54) is 0 Å². The standard InChI is InChI=1S/C16H22ClN3O3/c1-10(7-8-23-2)18-16(22)20-12-5-6-13(14(17)9-12)15(21)19-11-3-4-11/h5-6,9-11H,3-4,7-8H2,1-2H3,(H,19,21)(H2,18,20,22)/t10-/m0/s1. The Balaban J connectivity index is 1.89. The molecule has 1 aromatic carbocycles. The number of ether oxygens (including phenoxy) is 1. The van der Waals surface area contributed by atoms with Gasteiger partial charge in [-0.1, -0.05) is 11.6 Å². The van der Waals surface area contributed by atoms with E-state index in [2.05, 4.69) is 16.0 Å². The summed E-state index contributed by atoms with van der Waals surface area (Å²) in [7, 11) is 1.62. The first kappa shape index (κ1) is 17.6. The van der Waals surface area contributed by atoms with Gasteiger partial charge in [-0.3, -0.25) is 4.79 Å². The molecule has 1 fully saturated rings. The lowest BCUT2D eigenvalue weighted by atomic mass is 10.2. The molecule has 1 saturated carbocycles. The zero-order valence-electron chi connectivity index (χ0n) is 13.3. The molecule has 0 heterocycles. The quantitative estimate of drug-likeness (QED) is 0.714. The smallest absolute Gasteiger partial charge is 0.319 e. The number of hydrogen-bond donors (Lipinski definition) is 3. The zero-order valence-corrected chi connectivity index (χ0v) is 14.1. The summed E-state index contributed by atoms with van der Waals surface area (Å²) in [6, 6.07) is 4.80. The average molecular weight is 340 g/mol. The zero-order chi connectivity index (χ0) is 16.8. The summed E-state index contributed by atoms with van der Waals surface area (Å²) >= 11 is 6.14. The summed E-state index contributed by atoms with van der Waals surface area (Å²) in [4.78, 5) is 23.9. The van der Waals surface area contributed by atoms with Crippen molar-refractivity contribution >= 4 is 29.2 Å². The number of methoxy groups -OCH3 is 1. The monoisotopic (exact) mass is 339 g/mol. The molecule has 7 heteroatoms. The molecule has 23 heavy (non-hydrogen) atoms. The van der Waals surface area contributed by atoms with Crippen LogP contribution >= 0.6 is 11.6 Å². The third-order valence-corrected chi connectivity index (χ3v) is 3.83. The van der Waals surface area contributed by atoms with Crippen LogP contribution in [0.1, 0.15) is 36.5 Å². The Morgan fingerprint density at radius 3 is 2.74 bits per heavy atom. The molecule has 126 valence electrons. The van der Waals surface area contributed by atoms with Gasteiger partial charge in [0.1, 0.15) is 0 Å². The van der Waals surface area contributed by atoms with Gasteiger partial charge in [0, 0.05) is 31.5 Å². The summed E-state index contributed by atoms with van der Waals surface area (Å²) in [6.45, 7) is 2.48. The molecule has 2 rings (SSSR count). The maximum absolute atomic E-state index is 12.0. The predicted octanol–water partition coefficient (Wildman–Crippen LogP) is 2.78. The lowest BCUT2D eigenvalue weighted by Crippen LogP contribution is -2.36. The number of benzene rings is 1. The highest BCUT2D eigenvalue weighted by molar-refractivity contribution is 6.34. The van der Waals surface area contributed by atoms with Crippen LogP contribution in [0.4, 0.5) is 10.5 Å². The number of nitrogens with one attached hydrogen (secondary N) is 3. The Labute approximate surface area is 140 Å². The van der Waals surface area contributed by atoms with E-state index < -0.39 is 0 Å². The number of anilines is 1. The van der Waals surface area contributed by atoms with E-state index in [0.29, 0.717) is 22.9 Å². The number of halogens is 1. The molecular formula is C16H22ClN3O3. The molecule has 1 aromatic rings. The van der Waals surface area contributed by atoms with E-state index in [1.807, 2.05) is 6.92 Å². The van der Waals surface area contributed by atoms with Gasteiger partial charge in [0.15, 0.2) is 0 Å². The molecule has 6 nitrogen and oxygen atoms in total. The summed E-state index contributed by atoms with van der Waals surface area (Å²) < 4.78 is 4.97. The van der Waals surface area contributed by atoms with Gasteiger partial charge < -0.3 is 20.7 Å². The Bertz CT molecular complexity index is 576. The van der Waals surface area contributed by atoms with E-state index in [0.717, 1.165) is 19.3 Å². The summed E-state index contributed by atoms with van der Waals surface area (Å²) in [5.74, 6) is -0.179. The molecule has 0 aromatic heterocycles. The number of amides is 3. The first-order valence-corrected chi connectivity index (χ1v) is 8.04. The van der Waals surface area contributed by atoms with Crippen LogP contribution in [0.2, 0.25) is 5.02 Å². The van der Waals surface area contributed by atoms with Gasteiger partial charge in [0.2, 0.25) is 0 Å². The number of rotatable bonds is 7. The maximum Gasteiger partial charge on any atom is 0.319 e. The minimum atomic E-state index is -0.320. The van der Waals surface area contributed by atoms with E-state index in [4.69, 9.17) is 16.3 Å². The molecule has 0 unspecified atom stereocenters. The third kappa shape index (κ3) is 5.73. The fourth-order valence-corrected chi connectivity index (χ4v) is 2.29. The molecule has 0 spiro atoms. The fraction of sp³-hybridized carbons (Fsp3) is 0.500. The number of hydrogen-bond acceptors (Lipinski definition) is 3. The van der Waals surface area contributed by atoms with Crippen molar-refractivity contribution in [1.29, 1.82) is 0 Å². The minimum Gasteiger partial charge on any atom is -0.385 e. The van der Waals surface area contributed by atoms with E-state index >= 15 is 0 Å². The van der Waals surface area contributed by atoms with Gasteiger partial charge >= 0.3 is 6.03 Å². The molecule has 3 amide bonds. The van der Waals surface area contributed by atoms with Crippen molar-refractivity contribution in [2.45, 2.75) is 38.3 Å². The number of carbonyl (C=O) groups is 2. The van der Waals surface area contributed by atoms with Gasteiger partial charge in [0.25, 0.3) is 5.91 Å². The minimum absolute atomic E-state index is 0.00554. The first-order valence-electron chi connectivity index (χ1n) is 7.66. The Kier molecular flexibility index (Phi) is 6.24. The van der Waals surface area contributed by atoms with Crippen molar-refractivity contribution in [3.63, 3.8) is 0 Å². The van der Waals surface area contributed by atoms with Crippen LogP contribution in [0.25, 0.3) is 0 Å². The van der Waals surface area contributed by atoms with Crippen molar-refractivity contribution in [3.8, 4) is 0 Å². The van der Waals surface area contributed by atoms with Crippen LogP contribution in [0, 0.1) is 0 Å². The maximum atomic E-state index is 12.0. The van der Waals surface area contributed by atoms with Crippen molar-refractivity contribution in [1.82, 2.24) is 10.6 Å². The highest BCUT2D eigenvalue weighted by atomic mass is 35.5. The van der Waals surface area contributed by atoms with E-state index in [1.54, 1.807) is 25.3 Å². The third-order valence-electron chi connectivity index (χ3n) is 3.52. The summed E-state index contributed by atoms with van der Waals surface area (Å²) in [6.07, 6.45) is 2.76. The summed E-state index contributed by atoms with van der Waals surface area (Å²) in [5.41, 5.74) is 0.951. The Morgan fingerprint density at radius 1 is 1.39 bits per heavy atom. The second kappa shape index (κ2) is 8.17. The van der Waals surface area contributed by atoms with Gasteiger partial charge in [-0.25, -0.2) is 4.79 Å². The lowest BCUT2D eigenvalue weighted by Gasteiger charge is -2.14. The average Bonchev–Trinajstić information content (AvgIpc) is 3.28. The topological polar surface area (TPSA) is 79.5 Å². The number of carbonyl (C=O) groups excluding carboxylic acids is 2. The molecule has 0 saturated heterocycles. The molecule has 1 aliphatic carbocycles. The second-order valence-electron chi connectivity index (χ2n) is 5.72. The SMILES string of the molecule is COCC[C@H](C)NC(=O)Nc1ccc(C(=O)NC2CC2)c(Cl)c1. The highest BCUT2D eigenvalue weighted by Gasteiger charge is 2.24. The summed E-state index contributed by atoms with van der Waals surface area (Å²) in [5, 5.41) is 8.70. The van der Waals surface area contributed by atoms with Gasteiger partial charge in [0.05, 0.1) is 10.6 Å². The van der Waals surface area contributed by atoms with E-state index in [-0.39, 0.29) is 24.0 Å². The number of urea groups is 1. The molecule has 0 bridgehead atoms. The molecule has 0 aliphatic heterocycles. The van der Waals surface area contributed by atoms with Crippen molar-refractivity contribution < 1.29 is 14.3 Å². The largest absolute Gasteiger partial charge is 0.385 e. The van der Waals surface area contributed by atoms with Crippen LogP contribution in [0.3, 0.4) is 0 Å². The van der Waals surface area contributed by atoms with Crippen LogP contribution in [-0.4, -0.2) is 37.7 Å². The van der Waals surface area contributed by atoms with Crippen molar-refractivity contribution in [2.24, 2.45) is 0 Å². The van der Waals surface area contributed by atoms with Crippen molar-refractivity contribution in [2.75, 3.05) is 19.0 Å². The van der Waals surface area contributed by atoms with Crippen LogP contribution in [0.15, 0.2) is 18.2 Å². The lowest BCUT2D eigenvalue weighted by molar-refractivity contribution is 0.0951. The highest BCUT2D eigenvalue weighted by Crippen LogP contribution is 2.24. The van der Waals surface area contributed by atoms with Gasteiger partial charge in [-0.05, 0) is 44.4 Å². The normalized spacial score (nSPS) is 14.9. The van der Waals surface area contributed by atoms with Crippen LogP contribution in [-0.2, 0) is 4.74 Å². The predicted molar refractivity (Wildman–Crippen MR) is 90.0 cm³/mol. The van der Waals surface area contributed by atoms with Crippen LogP contribution in [0.5, 0.6) is 0 Å².